The summed E-state index contributed by atoms with van der Waals surface area (Å²) in [6, 6.07) is 15.2. The van der Waals surface area contributed by atoms with Gasteiger partial charge < -0.3 is 9.47 Å². The summed E-state index contributed by atoms with van der Waals surface area (Å²) in [5.74, 6) is 1.52. The number of carbonyl (C=O) groups is 1. The van der Waals surface area contributed by atoms with Gasteiger partial charge in [0.25, 0.3) is 11.9 Å². The van der Waals surface area contributed by atoms with Crippen molar-refractivity contribution in [3.63, 3.8) is 0 Å². The Morgan fingerprint density at radius 3 is 2.80 bits per heavy atom. The molecule has 0 aliphatic carbocycles. The highest BCUT2D eigenvalue weighted by molar-refractivity contribution is 7.15. The average molecular weight is 420 g/mol. The molecule has 2 aromatic heterocycles. The smallest absolute Gasteiger partial charge is 0.250 e. The molecule has 8 heteroatoms. The molecule has 0 fully saturated rings. The molecular formula is C22H20N4O3S. The third kappa shape index (κ3) is 4.33. The van der Waals surface area contributed by atoms with Gasteiger partial charge >= 0.3 is 0 Å². The van der Waals surface area contributed by atoms with Gasteiger partial charge in [-0.05, 0) is 42.8 Å². The van der Waals surface area contributed by atoms with E-state index in [4.69, 9.17) is 9.47 Å². The lowest BCUT2D eigenvalue weighted by Gasteiger charge is -2.03. The number of aromatic nitrogens is 3. The second kappa shape index (κ2) is 8.79. The van der Waals surface area contributed by atoms with Crippen molar-refractivity contribution in [2.45, 2.75) is 6.92 Å². The van der Waals surface area contributed by atoms with Crippen molar-refractivity contribution < 1.29 is 14.3 Å². The van der Waals surface area contributed by atoms with E-state index in [2.05, 4.69) is 15.4 Å². The van der Waals surface area contributed by atoms with Crippen LogP contribution in [0.2, 0.25) is 0 Å². The van der Waals surface area contributed by atoms with Crippen LogP contribution in [0.4, 0.5) is 5.95 Å². The van der Waals surface area contributed by atoms with Crippen molar-refractivity contribution in [1.29, 1.82) is 0 Å². The zero-order valence-electron chi connectivity index (χ0n) is 16.5. The standard InChI is InChI=1S/C22H20N4O3S/c1-3-29-17-10-7-15(8-11-17)9-12-20(27)23-21-24-22-26(25-21)19(14-30-22)16-5-4-6-18(13-16)28-2/h4-14H,3H2,1-2H3,(H,23,25,27)/b12-9+. The fourth-order valence-corrected chi connectivity index (χ4v) is 3.71. The van der Waals surface area contributed by atoms with Gasteiger partial charge in [-0.1, -0.05) is 24.3 Å². The van der Waals surface area contributed by atoms with Gasteiger partial charge in [-0.15, -0.1) is 16.4 Å². The molecule has 2 aromatic carbocycles. The van der Waals surface area contributed by atoms with Crippen molar-refractivity contribution >= 4 is 34.2 Å². The molecule has 0 spiro atoms. The molecule has 0 radical (unpaired) electrons. The van der Waals surface area contributed by atoms with Crippen LogP contribution >= 0.6 is 11.3 Å². The quantitative estimate of drug-likeness (QED) is 0.445. The highest BCUT2D eigenvalue weighted by atomic mass is 32.1. The molecule has 0 atom stereocenters. The van der Waals surface area contributed by atoms with Crippen LogP contribution in [0.25, 0.3) is 22.3 Å². The first-order valence-corrected chi connectivity index (χ1v) is 10.2. The molecule has 152 valence electrons. The predicted octanol–water partition coefficient (Wildman–Crippen LogP) is 4.52. The number of anilines is 1. The lowest BCUT2D eigenvalue weighted by atomic mass is 10.2. The zero-order chi connectivity index (χ0) is 20.9. The van der Waals surface area contributed by atoms with E-state index in [1.54, 1.807) is 17.7 Å². The fourth-order valence-electron chi connectivity index (χ4n) is 2.88. The number of ether oxygens (including phenoxy) is 2. The summed E-state index contributed by atoms with van der Waals surface area (Å²) in [4.78, 5) is 17.3. The van der Waals surface area contributed by atoms with Gasteiger partial charge in [-0.3, -0.25) is 10.1 Å². The molecule has 0 unspecified atom stereocenters. The Kier molecular flexibility index (Phi) is 5.76. The Hall–Kier alpha value is -3.65. The summed E-state index contributed by atoms with van der Waals surface area (Å²) >= 11 is 1.45. The Morgan fingerprint density at radius 2 is 2.03 bits per heavy atom. The first-order valence-electron chi connectivity index (χ1n) is 9.37. The molecule has 1 amide bonds. The van der Waals surface area contributed by atoms with Crippen LogP contribution in [0.3, 0.4) is 0 Å². The summed E-state index contributed by atoms with van der Waals surface area (Å²) in [7, 11) is 1.63. The third-order valence-corrected chi connectivity index (χ3v) is 5.12. The van der Waals surface area contributed by atoms with E-state index in [1.807, 2.05) is 60.8 Å². The highest BCUT2D eigenvalue weighted by Crippen LogP contribution is 2.28. The molecule has 4 rings (SSSR count). The molecule has 0 bridgehead atoms. The molecule has 2 heterocycles. The molecule has 4 aromatic rings. The topological polar surface area (TPSA) is 77.8 Å². The lowest BCUT2D eigenvalue weighted by molar-refractivity contribution is -0.111. The summed E-state index contributed by atoms with van der Waals surface area (Å²) in [5.41, 5.74) is 2.73. The molecule has 1 N–H and O–H groups in total. The van der Waals surface area contributed by atoms with Gasteiger partial charge in [0.05, 0.1) is 19.4 Å². The van der Waals surface area contributed by atoms with Gasteiger partial charge in [0.2, 0.25) is 4.96 Å². The molecule has 0 saturated heterocycles. The van der Waals surface area contributed by atoms with Crippen LogP contribution < -0.4 is 14.8 Å². The van der Waals surface area contributed by atoms with E-state index in [9.17, 15) is 4.79 Å². The van der Waals surface area contributed by atoms with Crippen molar-refractivity contribution in [2.75, 3.05) is 19.0 Å². The summed E-state index contributed by atoms with van der Waals surface area (Å²) in [6.07, 6.45) is 3.18. The maximum absolute atomic E-state index is 12.3. The van der Waals surface area contributed by atoms with E-state index < -0.39 is 0 Å². The van der Waals surface area contributed by atoms with E-state index in [0.717, 1.165) is 28.3 Å². The average Bonchev–Trinajstić information content (AvgIpc) is 3.33. The number of nitrogens with zero attached hydrogens (tertiary/aromatic N) is 3. The molecule has 30 heavy (non-hydrogen) atoms. The minimum atomic E-state index is -0.301. The van der Waals surface area contributed by atoms with Crippen molar-refractivity contribution in [2.24, 2.45) is 0 Å². The Morgan fingerprint density at radius 1 is 1.20 bits per heavy atom. The number of methoxy groups -OCH3 is 1. The van der Waals surface area contributed by atoms with Crippen LogP contribution in [0.5, 0.6) is 11.5 Å². The zero-order valence-corrected chi connectivity index (χ0v) is 17.3. The molecule has 7 nitrogen and oxygen atoms in total. The second-order valence-corrected chi connectivity index (χ2v) is 7.14. The Bertz CT molecular complexity index is 1190. The van der Waals surface area contributed by atoms with Crippen LogP contribution in [-0.4, -0.2) is 34.2 Å². The van der Waals surface area contributed by atoms with E-state index in [0.29, 0.717) is 11.6 Å². The maximum Gasteiger partial charge on any atom is 0.250 e. The van der Waals surface area contributed by atoms with Crippen molar-refractivity contribution in [3.05, 3.63) is 65.6 Å². The number of thiazole rings is 1. The summed E-state index contributed by atoms with van der Waals surface area (Å²) in [5, 5.41) is 9.11. The van der Waals surface area contributed by atoms with Gasteiger partial charge in [-0.25, -0.2) is 4.52 Å². The van der Waals surface area contributed by atoms with E-state index in [1.165, 1.54) is 17.4 Å². The Labute approximate surface area is 177 Å². The number of nitrogens with one attached hydrogen (secondary N) is 1. The van der Waals surface area contributed by atoms with Crippen LogP contribution in [0.1, 0.15) is 12.5 Å². The number of hydrogen-bond donors (Lipinski definition) is 1. The summed E-state index contributed by atoms with van der Waals surface area (Å²) < 4.78 is 12.4. The number of carbonyl (C=O) groups excluding carboxylic acids is 1. The van der Waals surface area contributed by atoms with E-state index in [-0.39, 0.29) is 11.9 Å². The van der Waals surface area contributed by atoms with Crippen molar-refractivity contribution in [1.82, 2.24) is 14.6 Å². The van der Waals surface area contributed by atoms with Gasteiger partial charge in [0.1, 0.15) is 11.5 Å². The molecular weight excluding hydrogens is 400 g/mol. The Balaban J connectivity index is 1.47. The second-order valence-electron chi connectivity index (χ2n) is 6.31. The van der Waals surface area contributed by atoms with Crippen LogP contribution in [-0.2, 0) is 4.79 Å². The fraction of sp³-hybridized carbons (Fsp3) is 0.136. The maximum atomic E-state index is 12.3. The van der Waals surface area contributed by atoms with Crippen molar-refractivity contribution in [3.8, 4) is 22.8 Å². The highest BCUT2D eigenvalue weighted by Gasteiger charge is 2.13. The number of rotatable bonds is 7. The monoisotopic (exact) mass is 420 g/mol. The summed E-state index contributed by atoms with van der Waals surface area (Å²) in [6.45, 7) is 2.55. The van der Waals surface area contributed by atoms with E-state index >= 15 is 0 Å². The molecule has 0 aliphatic heterocycles. The number of benzene rings is 2. The number of fused-ring (bicyclic) bond motifs is 1. The normalized spacial score (nSPS) is 11.1. The largest absolute Gasteiger partial charge is 0.497 e. The molecule has 0 saturated carbocycles. The predicted molar refractivity (Wildman–Crippen MR) is 118 cm³/mol. The van der Waals surface area contributed by atoms with Crippen LogP contribution in [0, 0.1) is 0 Å². The van der Waals surface area contributed by atoms with Gasteiger partial charge in [0, 0.05) is 17.0 Å². The van der Waals surface area contributed by atoms with Crippen LogP contribution in [0.15, 0.2) is 60.0 Å². The first-order chi connectivity index (χ1) is 14.7. The van der Waals surface area contributed by atoms with Gasteiger partial charge in [-0.2, -0.15) is 4.98 Å². The SMILES string of the molecule is CCOc1ccc(/C=C/C(=O)Nc2nc3scc(-c4cccc(OC)c4)n3n2)cc1. The number of amides is 1. The first kappa shape index (κ1) is 19.7. The minimum absolute atomic E-state index is 0.257. The lowest BCUT2D eigenvalue weighted by Crippen LogP contribution is -2.09. The third-order valence-electron chi connectivity index (χ3n) is 4.30. The minimum Gasteiger partial charge on any atom is -0.497 e. The number of hydrogen-bond acceptors (Lipinski definition) is 6. The molecule has 0 aliphatic rings. The van der Waals surface area contributed by atoms with Gasteiger partial charge in [0.15, 0.2) is 0 Å².